The summed E-state index contributed by atoms with van der Waals surface area (Å²) in [5, 5.41) is 0.663. The minimum absolute atomic E-state index is 0.0250. The van der Waals surface area contributed by atoms with Crippen LogP contribution in [0, 0.1) is 0 Å². The number of para-hydroxylation sites is 1. The van der Waals surface area contributed by atoms with Gasteiger partial charge in [-0.1, -0.05) is 16.6 Å². The lowest BCUT2D eigenvalue weighted by Gasteiger charge is -2.27. The van der Waals surface area contributed by atoms with E-state index in [1.165, 1.54) is 0 Å². The first-order chi connectivity index (χ1) is 6.20. The van der Waals surface area contributed by atoms with Gasteiger partial charge >= 0.3 is 0 Å². The molecule has 2 nitrogen and oxygen atoms in total. The number of nitrogens with zero attached hydrogens (tertiary/aromatic N) is 1. The Balaban J connectivity index is 2.53. The summed E-state index contributed by atoms with van der Waals surface area (Å²) < 4.78 is 13.4. The summed E-state index contributed by atoms with van der Waals surface area (Å²) in [4.78, 5) is 11.4. The molecule has 0 spiro atoms. The predicted molar refractivity (Wildman–Crippen MR) is 48.4 cm³/mol. The van der Waals surface area contributed by atoms with Crippen molar-refractivity contribution < 1.29 is 9.28 Å². The van der Waals surface area contributed by atoms with E-state index in [0.717, 1.165) is 0 Å². The molecule has 0 bridgehead atoms. The lowest BCUT2D eigenvalue weighted by Crippen LogP contribution is -2.33. The highest BCUT2D eigenvalue weighted by Crippen LogP contribution is 2.30. The van der Waals surface area contributed by atoms with Crippen molar-refractivity contribution in [3.05, 3.63) is 29.8 Å². The highest BCUT2D eigenvalue weighted by molar-refractivity contribution is 6.03. The van der Waals surface area contributed by atoms with E-state index >= 15 is 0 Å². The van der Waals surface area contributed by atoms with E-state index in [1.54, 1.807) is 31.2 Å². The van der Waals surface area contributed by atoms with Gasteiger partial charge in [-0.3, -0.25) is 4.79 Å². The van der Waals surface area contributed by atoms with Gasteiger partial charge in [-0.05, 0) is 19.1 Å². The highest BCUT2D eigenvalue weighted by atomic mass is 19.2. The van der Waals surface area contributed by atoms with Crippen LogP contribution in [0.15, 0.2) is 24.3 Å². The fraction of sp³-hybridized carbons (Fsp3) is 0.300. The van der Waals surface area contributed by atoms with Crippen LogP contribution in [-0.2, 0) is 0 Å². The Bertz CT molecular complexity index is 351. The van der Waals surface area contributed by atoms with Crippen molar-refractivity contribution in [2.24, 2.45) is 0 Å². The van der Waals surface area contributed by atoms with Crippen molar-refractivity contribution >= 4 is 11.5 Å². The number of hydrogen-bond donors (Lipinski definition) is 0. The molecule has 0 radical (unpaired) electrons. The Morgan fingerprint density at radius 1 is 1.46 bits per heavy atom. The molecule has 1 unspecified atom stereocenters. The van der Waals surface area contributed by atoms with Gasteiger partial charge in [0.25, 0.3) is 0 Å². The maximum absolute atomic E-state index is 13.4. The van der Waals surface area contributed by atoms with Crippen molar-refractivity contribution in [2.45, 2.75) is 19.4 Å². The van der Waals surface area contributed by atoms with E-state index in [4.69, 9.17) is 0 Å². The molecule has 68 valence electrons. The smallest absolute Gasteiger partial charge is 0.167 e. The molecule has 13 heavy (non-hydrogen) atoms. The number of anilines is 1. The highest BCUT2D eigenvalue weighted by Gasteiger charge is 2.28. The normalized spacial score (nSPS) is 21.5. The molecule has 1 aliphatic heterocycles. The van der Waals surface area contributed by atoms with Gasteiger partial charge in [-0.15, -0.1) is 0 Å². The van der Waals surface area contributed by atoms with E-state index in [2.05, 4.69) is 0 Å². The van der Waals surface area contributed by atoms with Crippen molar-refractivity contribution in [1.82, 2.24) is 0 Å². The fourth-order valence-corrected chi connectivity index (χ4v) is 1.59. The molecule has 0 saturated carbocycles. The third-order valence-corrected chi connectivity index (χ3v) is 2.30. The number of rotatable bonds is 0. The van der Waals surface area contributed by atoms with Crippen LogP contribution in [0.5, 0.6) is 0 Å². The van der Waals surface area contributed by atoms with Crippen molar-refractivity contribution in [3.63, 3.8) is 0 Å². The molecule has 1 aliphatic rings. The van der Waals surface area contributed by atoms with Crippen LogP contribution >= 0.6 is 0 Å². The van der Waals surface area contributed by atoms with E-state index in [-0.39, 0.29) is 18.2 Å². The van der Waals surface area contributed by atoms with Gasteiger partial charge in [0.15, 0.2) is 5.78 Å². The van der Waals surface area contributed by atoms with E-state index in [1.807, 2.05) is 0 Å². The average molecular weight is 179 g/mol. The van der Waals surface area contributed by atoms with Gasteiger partial charge in [0, 0.05) is 12.0 Å². The molecule has 0 aromatic heterocycles. The van der Waals surface area contributed by atoms with E-state index in [0.29, 0.717) is 16.4 Å². The molecule has 1 atom stereocenters. The minimum atomic E-state index is -0.345. The second-order valence-corrected chi connectivity index (χ2v) is 3.30. The molecule has 2 rings (SSSR count). The number of halogens is 1. The molecule has 0 N–H and O–H groups in total. The summed E-state index contributed by atoms with van der Waals surface area (Å²) in [6, 6.07) is 6.43. The lowest BCUT2D eigenvalue weighted by atomic mass is 9.97. The quantitative estimate of drug-likeness (QED) is 0.570. The lowest BCUT2D eigenvalue weighted by molar-refractivity contribution is 0.0957. The Morgan fingerprint density at radius 3 is 2.92 bits per heavy atom. The number of Topliss-reactive ketones (excluding diaryl/α,β-unsaturated/α-hetero) is 1. The first-order valence-electron chi connectivity index (χ1n) is 4.27. The van der Waals surface area contributed by atoms with Gasteiger partial charge in [-0.2, -0.15) is 0 Å². The van der Waals surface area contributed by atoms with Gasteiger partial charge in [-0.25, -0.2) is 5.12 Å². The number of benzene rings is 1. The van der Waals surface area contributed by atoms with Gasteiger partial charge in [0.2, 0.25) is 0 Å². The molecule has 0 aliphatic carbocycles. The SMILES string of the molecule is CC1CC(=O)c2ccccc2N1F. The van der Waals surface area contributed by atoms with Crippen molar-refractivity contribution in [1.29, 1.82) is 0 Å². The van der Waals surface area contributed by atoms with Gasteiger partial charge < -0.3 is 0 Å². The summed E-state index contributed by atoms with van der Waals surface area (Å²) in [5.74, 6) is 0.0250. The predicted octanol–water partition coefficient (Wildman–Crippen LogP) is 2.35. The largest absolute Gasteiger partial charge is 0.294 e. The third-order valence-electron chi connectivity index (χ3n) is 2.30. The molecular weight excluding hydrogens is 169 g/mol. The fourth-order valence-electron chi connectivity index (χ4n) is 1.59. The van der Waals surface area contributed by atoms with E-state index < -0.39 is 0 Å². The van der Waals surface area contributed by atoms with Crippen LogP contribution in [0.1, 0.15) is 23.7 Å². The Kier molecular flexibility index (Phi) is 1.79. The Hall–Kier alpha value is -1.38. The molecule has 0 fully saturated rings. The van der Waals surface area contributed by atoms with Crippen LogP contribution in [0.3, 0.4) is 0 Å². The second-order valence-electron chi connectivity index (χ2n) is 3.30. The summed E-state index contributed by atoms with van der Waals surface area (Å²) in [7, 11) is 0. The minimum Gasteiger partial charge on any atom is -0.294 e. The zero-order chi connectivity index (χ0) is 9.42. The Morgan fingerprint density at radius 2 is 2.15 bits per heavy atom. The summed E-state index contributed by atoms with van der Waals surface area (Å²) in [6.45, 7) is 1.70. The standard InChI is InChI=1S/C10H10FNO/c1-7-6-10(13)8-4-2-3-5-9(8)12(7)11/h2-5,7H,6H2,1H3. The molecule has 1 heterocycles. The van der Waals surface area contributed by atoms with Gasteiger partial charge in [0.1, 0.15) is 0 Å². The van der Waals surface area contributed by atoms with Crippen LogP contribution in [0.25, 0.3) is 0 Å². The topological polar surface area (TPSA) is 20.3 Å². The van der Waals surface area contributed by atoms with Crippen LogP contribution in [0.2, 0.25) is 0 Å². The summed E-state index contributed by atoms with van der Waals surface area (Å²) >= 11 is 0. The van der Waals surface area contributed by atoms with Gasteiger partial charge in [0.05, 0.1) is 11.7 Å². The number of carbonyl (C=O) groups is 1. The zero-order valence-electron chi connectivity index (χ0n) is 7.33. The third kappa shape index (κ3) is 1.20. The number of hydrogen-bond acceptors (Lipinski definition) is 2. The first kappa shape index (κ1) is 8.23. The van der Waals surface area contributed by atoms with Crippen LogP contribution in [0.4, 0.5) is 10.2 Å². The van der Waals surface area contributed by atoms with Crippen LogP contribution < -0.4 is 5.12 Å². The Labute approximate surface area is 75.9 Å². The monoisotopic (exact) mass is 179 g/mol. The molecule has 1 aromatic carbocycles. The van der Waals surface area contributed by atoms with Crippen molar-refractivity contribution in [2.75, 3.05) is 5.12 Å². The van der Waals surface area contributed by atoms with Crippen molar-refractivity contribution in [3.8, 4) is 0 Å². The maximum Gasteiger partial charge on any atom is 0.167 e. The molecule has 3 heteroatoms. The first-order valence-corrected chi connectivity index (χ1v) is 4.27. The molecule has 0 amide bonds. The summed E-state index contributed by atoms with van der Waals surface area (Å²) in [5.41, 5.74) is 0.884. The average Bonchev–Trinajstić information content (AvgIpc) is 2.15. The number of fused-ring (bicyclic) bond motifs is 1. The van der Waals surface area contributed by atoms with Crippen LogP contribution in [-0.4, -0.2) is 11.8 Å². The number of carbonyl (C=O) groups excluding carboxylic acids is 1. The molecule has 0 saturated heterocycles. The number of ketones is 1. The zero-order valence-corrected chi connectivity index (χ0v) is 7.33. The second kappa shape index (κ2) is 2.83. The summed E-state index contributed by atoms with van der Waals surface area (Å²) in [6.07, 6.45) is 0.257. The van der Waals surface area contributed by atoms with E-state index in [9.17, 15) is 9.28 Å². The molecule has 1 aromatic rings. The maximum atomic E-state index is 13.4. The molecular formula is C10H10FNO.